The van der Waals surface area contributed by atoms with Gasteiger partial charge in [-0.05, 0) is 25.0 Å². The molecule has 2 rings (SSSR count). The first-order valence-electron chi connectivity index (χ1n) is 6.34. The van der Waals surface area contributed by atoms with E-state index >= 15 is 0 Å². The second-order valence-electron chi connectivity index (χ2n) is 4.45. The fourth-order valence-electron chi connectivity index (χ4n) is 2.16. The summed E-state index contributed by atoms with van der Waals surface area (Å²) in [6.45, 7) is 1.72. The van der Waals surface area contributed by atoms with Crippen LogP contribution in [0.5, 0.6) is 0 Å². The molecule has 5 nitrogen and oxygen atoms in total. The number of hydrogen-bond acceptors (Lipinski definition) is 4. The van der Waals surface area contributed by atoms with Crippen molar-refractivity contribution in [2.45, 2.75) is 18.9 Å². The lowest BCUT2D eigenvalue weighted by molar-refractivity contribution is -0.00554. The number of pyridine rings is 1. The van der Waals surface area contributed by atoms with Crippen LogP contribution in [0.3, 0.4) is 0 Å². The number of likely N-dealkylation sites (tertiary alicyclic amines) is 1. The van der Waals surface area contributed by atoms with Gasteiger partial charge in [-0.15, -0.1) is 0 Å². The van der Waals surface area contributed by atoms with E-state index in [0.29, 0.717) is 30.4 Å². The molecule has 0 aliphatic carbocycles. The summed E-state index contributed by atoms with van der Waals surface area (Å²) in [6.07, 6.45) is 3.26. The fraction of sp³-hybridized carbons (Fsp3) is 0.538. The highest BCUT2D eigenvalue weighted by Crippen LogP contribution is 2.17. The monoisotopic (exact) mass is 284 g/mol. The lowest BCUT2D eigenvalue weighted by Gasteiger charge is -2.31. The minimum absolute atomic E-state index is 0.0232. The Kier molecular flexibility index (Phi) is 5.13. The number of hydrogen-bond donors (Lipinski definition) is 1. The number of ether oxygens (including phenoxy) is 1. The van der Waals surface area contributed by atoms with Crippen molar-refractivity contribution >= 4 is 17.5 Å². The lowest BCUT2D eigenvalue weighted by atomic mass is 10.1. The Balaban J connectivity index is 1.89. The third-order valence-electron chi connectivity index (χ3n) is 3.15. The minimum atomic E-state index is -0.0232. The third-order valence-corrected chi connectivity index (χ3v) is 3.35. The highest BCUT2D eigenvalue weighted by Gasteiger charge is 2.24. The number of rotatable bonds is 4. The number of aliphatic hydroxyl groups is 1. The van der Waals surface area contributed by atoms with E-state index < -0.39 is 0 Å². The molecule has 1 aliphatic heterocycles. The lowest BCUT2D eigenvalue weighted by Crippen LogP contribution is -2.41. The largest absolute Gasteiger partial charge is 0.394 e. The average Bonchev–Trinajstić information content (AvgIpc) is 2.45. The van der Waals surface area contributed by atoms with E-state index in [1.54, 1.807) is 17.0 Å². The molecule has 0 atom stereocenters. The number of halogens is 1. The van der Waals surface area contributed by atoms with Crippen molar-refractivity contribution in [1.82, 2.24) is 9.88 Å². The minimum Gasteiger partial charge on any atom is -0.394 e. The van der Waals surface area contributed by atoms with Gasteiger partial charge in [0.1, 0.15) is 5.15 Å². The van der Waals surface area contributed by atoms with Crippen molar-refractivity contribution in [2.24, 2.45) is 0 Å². The van der Waals surface area contributed by atoms with Gasteiger partial charge in [-0.3, -0.25) is 4.79 Å². The zero-order valence-electron chi connectivity index (χ0n) is 10.6. The average molecular weight is 285 g/mol. The number of aliphatic hydroxyl groups excluding tert-OH is 1. The normalized spacial score (nSPS) is 16.6. The van der Waals surface area contributed by atoms with E-state index in [4.69, 9.17) is 21.4 Å². The molecule has 0 bridgehead atoms. The van der Waals surface area contributed by atoms with Gasteiger partial charge in [-0.1, -0.05) is 11.6 Å². The molecule has 19 heavy (non-hydrogen) atoms. The fourth-order valence-corrected chi connectivity index (χ4v) is 2.34. The van der Waals surface area contributed by atoms with E-state index in [2.05, 4.69) is 4.98 Å². The molecule has 0 spiro atoms. The molecule has 0 radical (unpaired) electrons. The van der Waals surface area contributed by atoms with E-state index in [1.807, 2.05) is 0 Å². The van der Waals surface area contributed by atoms with E-state index in [1.165, 1.54) is 6.20 Å². The molecule has 1 aromatic heterocycles. The van der Waals surface area contributed by atoms with Gasteiger partial charge >= 0.3 is 0 Å². The summed E-state index contributed by atoms with van der Waals surface area (Å²) in [6, 6.07) is 3.25. The Bertz CT molecular complexity index is 434. The zero-order valence-corrected chi connectivity index (χ0v) is 11.3. The molecule has 104 valence electrons. The summed E-state index contributed by atoms with van der Waals surface area (Å²) in [5.41, 5.74) is 0.565. The van der Waals surface area contributed by atoms with E-state index in [0.717, 1.165) is 12.8 Å². The number of piperidine rings is 1. The second-order valence-corrected chi connectivity index (χ2v) is 4.84. The molecule has 2 heterocycles. The highest BCUT2D eigenvalue weighted by molar-refractivity contribution is 6.29. The van der Waals surface area contributed by atoms with Crippen LogP contribution in [0.4, 0.5) is 0 Å². The number of amides is 1. The number of nitrogens with zero attached hydrogens (tertiary/aromatic N) is 2. The molecule has 0 aromatic carbocycles. The van der Waals surface area contributed by atoms with Crippen LogP contribution in [0.1, 0.15) is 23.2 Å². The summed E-state index contributed by atoms with van der Waals surface area (Å²) in [7, 11) is 0. The number of aromatic nitrogens is 1. The maximum absolute atomic E-state index is 12.2. The SMILES string of the molecule is O=C(c1ccnc(Cl)c1)N1CCC(OCCO)CC1. The third kappa shape index (κ3) is 3.89. The Hall–Kier alpha value is -1.17. The van der Waals surface area contributed by atoms with Crippen molar-refractivity contribution in [2.75, 3.05) is 26.3 Å². The highest BCUT2D eigenvalue weighted by atomic mass is 35.5. The maximum atomic E-state index is 12.2. The molecule has 1 fully saturated rings. The van der Waals surface area contributed by atoms with Gasteiger partial charge in [0, 0.05) is 24.8 Å². The summed E-state index contributed by atoms with van der Waals surface area (Å²) in [5, 5.41) is 9.03. The second kappa shape index (κ2) is 6.84. The predicted octanol–water partition coefficient (Wildman–Crippen LogP) is 1.35. The van der Waals surface area contributed by atoms with Crippen LogP contribution in [0.2, 0.25) is 5.15 Å². The van der Waals surface area contributed by atoms with E-state index in [9.17, 15) is 4.79 Å². The Morgan fingerprint density at radius 3 is 2.89 bits per heavy atom. The topological polar surface area (TPSA) is 62.7 Å². The van der Waals surface area contributed by atoms with Crippen molar-refractivity contribution < 1.29 is 14.6 Å². The zero-order chi connectivity index (χ0) is 13.7. The van der Waals surface area contributed by atoms with E-state index in [-0.39, 0.29) is 18.6 Å². The van der Waals surface area contributed by atoms with Crippen molar-refractivity contribution in [3.8, 4) is 0 Å². The van der Waals surface area contributed by atoms with Crippen LogP contribution in [0.25, 0.3) is 0 Å². The molecule has 1 N–H and O–H groups in total. The molecule has 1 aromatic rings. The summed E-state index contributed by atoms with van der Waals surface area (Å²) in [4.78, 5) is 17.9. The van der Waals surface area contributed by atoms with Crippen LogP contribution in [0.15, 0.2) is 18.3 Å². The van der Waals surface area contributed by atoms with Crippen LogP contribution in [-0.4, -0.2) is 53.3 Å². The smallest absolute Gasteiger partial charge is 0.254 e. The van der Waals surface area contributed by atoms with Crippen molar-refractivity contribution in [3.63, 3.8) is 0 Å². The molecular formula is C13H17ClN2O3. The molecule has 6 heteroatoms. The van der Waals surface area contributed by atoms with Crippen LogP contribution < -0.4 is 0 Å². The quantitative estimate of drug-likeness (QED) is 0.848. The van der Waals surface area contributed by atoms with Gasteiger partial charge in [-0.25, -0.2) is 4.98 Å². The molecule has 1 aliphatic rings. The Morgan fingerprint density at radius 1 is 1.53 bits per heavy atom. The number of carbonyl (C=O) groups excluding carboxylic acids is 1. The van der Waals surface area contributed by atoms with Crippen LogP contribution in [0, 0.1) is 0 Å². The summed E-state index contributed by atoms with van der Waals surface area (Å²) >= 11 is 5.78. The first-order chi connectivity index (χ1) is 9.20. The summed E-state index contributed by atoms with van der Waals surface area (Å²) in [5.74, 6) is -0.0232. The molecule has 0 unspecified atom stereocenters. The van der Waals surface area contributed by atoms with Gasteiger partial charge in [-0.2, -0.15) is 0 Å². The molecular weight excluding hydrogens is 268 g/mol. The van der Waals surface area contributed by atoms with Gasteiger partial charge in [0.15, 0.2) is 0 Å². The maximum Gasteiger partial charge on any atom is 0.254 e. The van der Waals surface area contributed by atoms with Crippen LogP contribution >= 0.6 is 11.6 Å². The summed E-state index contributed by atoms with van der Waals surface area (Å²) < 4.78 is 5.47. The Morgan fingerprint density at radius 2 is 2.26 bits per heavy atom. The molecule has 0 saturated carbocycles. The molecule has 1 amide bonds. The first-order valence-corrected chi connectivity index (χ1v) is 6.72. The van der Waals surface area contributed by atoms with Gasteiger partial charge < -0.3 is 14.7 Å². The van der Waals surface area contributed by atoms with Crippen molar-refractivity contribution in [3.05, 3.63) is 29.0 Å². The standard InChI is InChI=1S/C13H17ClN2O3/c14-12-9-10(1-4-15-12)13(18)16-5-2-11(3-6-16)19-8-7-17/h1,4,9,11,17H,2-3,5-8H2. The van der Waals surface area contributed by atoms with Crippen LogP contribution in [-0.2, 0) is 4.74 Å². The Labute approximate surface area is 117 Å². The van der Waals surface area contributed by atoms with Gasteiger partial charge in [0.05, 0.1) is 19.3 Å². The first kappa shape index (κ1) is 14.2. The van der Waals surface area contributed by atoms with Gasteiger partial charge in [0.2, 0.25) is 0 Å². The number of carbonyl (C=O) groups is 1. The molecule has 1 saturated heterocycles. The van der Waals surface area contributed by atoms with Gasteiger partial charge in [0.25, 0.3) is 5.91 Å². The predicted molar refractivity (Wildman–Crippen MR) is 71.2 cm³/mol. The van der Waals surface area contributed by atoms with Crippen molar-refractivity contribution in [1.29, 1.82) is 0 Å².